The molecule has 1 rings (SSSR count). The van der Waals surface area contributed by atoms with Gasteiger partial charge in [-0.05, 0) is 96.3 Å². The molecule has 1 aliphatic carbocycles. The zero-order valence-corrected chi connectivity index (χ0v) is 41.0. The molecule has 0 bridgehead atoms. The van der Waals surface area contributed by atoms with Crippen LogP contribution in [0.1, 0.15) is 155 Å². The lowest BCUT2D eigenvalue weighted by Crippen LogP contribution is -2.64. The lowest BCUT2D eigenvalue weighted by atomic mass is 9.85. The maximum Gasteiger partial charge on any atom is 0.472 e. The number of allylic oxidation sites excluding steroid dienone is 13. The van der Waals surface area contributed by atoms with Crippen LogP contribution in [0.5, 0.6) is 0 Å². The molecule has 0 amide bonds. The molecule has 0 spiro atoms. The molecule has 1 saturated carbocycles. The van der Waals surface area contributed by atoms with Gasteiger partial charge in [0, 0.05) is 12.8 Å². The van der Waals surface area contributed by atoms with Crippen molar-refractivity contribution in [2.75, 3.05) is 13.2 Å². The molecule has 1 fully saturated rings. The zero-order valence-electron chi connectivity index (χ0n) is 40.1. The number of rotatable bonds is 39. The van der Waals surface area contributed by atoms with E-state index in [2.05, 4.69) is 80.7 Å². The second kappa shape index (κ2) is 39.8. The Kier molecular flexibility index (Phi) is 36.8. The molecule has 0 saturated heterocycles. The van der Waals surface area contributed by atoms with Crippen molar-refractivity contribution in [3.8, 4) is 0 Å². The first-order chi connectivity index (χ1) is 32.2. The molecule has 0 aliphatic heterocycles. The largest absolute Gasteiger partial charge is 0.472 e. The van der Waals surface area contributed by atoms with Gasteiger partial charge in [-0.2, -0.15) is 0 Å². The van der Waals surface area contributed by atoms with Gasteiger partial charge in [-0.3, -0.25) is 18.6 Å². The Bertz CT molecular complexity index is 1530. The monoisotopic (exact) mass is 969 g/mol. The normalized spacial score (nSPS) is 22.8. The van der Waals surface area contributed by atoms with E-state index >= 15 is 0 Å². The van der Waals surface area contributed by atoms with Crippen molar-refractivity contribution in [1.29, 1.82) is 0 Å². The number of hydrogen-bond acceptors (Lipinski definition) is 14. The molecule has 5 unspecified atom stereocenters. The third kappa shape index (κ3) is 31.7. The Balaban J connectivity index is 2.58. The number of esters is 2. The van der Waals surface area contributed by atoms with Gasteiger partial charge in [-0.1, -0.05) is 131 Å². The van der Waals surface area contributed by atoms with Gasteiger partial charge in [0.1, 0.15) is 43.2 Å². The first-order valence-electron chi connectivity index (χ1n) is 24.6. The summed E-state index contributed by atoms with van der Waals surface area (Å²) < 4.78 is 33.4. The van der Waals surface area contributed by atoms with E-state index < -0.39 is 87.9 Å². The molecule has 0 aromatic heterocycles. The summed E-state index contributed by atoms with van der Waals surface area (Å²) >= 11 is 0. The summed E-state index contributed by atoms with van der Waals surface area (Å²) in [5.74, 6) is -1.43. The van der Waals surface area contributed by atoms with Crippen LogP contribution >= 0.6 is 7.82 Å². The Morgan fingerprint density at radius 1 is 0.522 bits per heavy atom. The number of aliphatic hydroxyl groups is 7. The second-order valence-electron chi connectivity index (χ2n) is 16.9. The summed E-state index contributed by atoms with van der Waals surface area (Å²) in [4.78, 5) is 35.8. The zero-order chi connectivity index (χ0) is 49.5. The van der Waals surface area contributed by atoms with Crippen LogP contribution < -0.4 is 0 Å². The molecule has 67 heavy (non-hydrogen) atoms. The first kappa shape index (κ1) is 62.0. The van der Waals surface area contributed by atoms with Gasteiger partial charge in [-0.25, -0.2) is 4.57 Å². The average Bonchev–Trinajstić information content (AvgIpc) is 3.30. The number of carbonyl (C=O) groups is 2. The van der Waals surface area contributed by atoms with E-state index in [-0.39, 0.29) is 32.1 Å². The second-order valence-corrected chi connectivity index (χ2v) is 18.3. The predicted octanol–water partition coefficient (Wildman–Crippen LogP) is 8.00. The van der Waals surface area contributed by atoms with E-state index in [4.69, 9.17) is 18.5 Å². The lowest BCUT2D eigenvalue weighted by molar-refractivity contribution is -0.220. The van der Waals surface area contributed by atoms with Crippen LogP contribution in [0.3, 0.4) is 0 Å². The number of unbranched alkanes of at least 4 members (excludes halogenated alkanes) is 9. The number of aliphatic hydroxyl groups excluding tert-OH is 7. The van der Waals surface area contributed by atoms with E-state index in [1.807, 2.05) is 12.2 Å². The van der Waals surface area contributed by atoms with Crippen molar-refractivity contribution in [3.63, 3.8) is 0 Å². The molecule has 16 heteroatoms. The van der Waals surface area contributed by atoms with Gasteiger partial charge < -0.3 is 50.1 Å². The molecule has 0 aromatic carbocycles. The number of phosphoric ester groups is 1. The standard InChI is InChI=1S/C51H85O15P/c1-3-5-7-9-11-13-15-17-18-19-20-21-22-23-25-27-29-31-33-37-45(55)65-41(40-64-67(61,62)66-51-49(59)47(57)46(56)48(58)50(51)60)39-63-44(54)38-34-36-43(53)42(52)35-32-30-28-26-24-16-14-12-10-8-6-4-2/h11-14,17-18,20-21,23-26,30,32,41-43,46-53,56-60H,3-10,15-16,19,22,27-29,31,33-40H2,1-2H3,(H,61,62)/b13-11-,14-12-,18-17-,21-20-,25-23-,26-24-,32-30-/t41-,42?,43?,46?,47-,48+,49-,50-,51?/m1/s1. The molecular weight excluding hydrogens is 884 g/mol. The Hall–Kier alpha value is -3.05. The van der Waals surface area contributed by atoms with Gasteiger partial charge >= 0.3 is 19.8 Å². The summed E-state index contributed by atoms with van der Waals surface area (Å²) in [5.41, 5.74) is 0. The van der Waals surface area contributed by atoms with Crippen molar-refractivity contribution in [3.05, 3.63) is 85.1 Å². The number of ether oxygens (including phenoxy) is 2. The number of hydrogen-bond donors (Lipinski definition) is 8. The molecule has 0 heterocycles. The Labute approximate surface area is 400 Å². The highest BCUT2D eigenvalue weighted by molar-refractivity contribution is 7.47. The highest BCUT2D eigenvalue weighted by Gasteiger charge is 2.51. The summed E-state index contributed by atoms with van der Waals surface area (Å²) in [7, 11) is -5.21. The summed E-state index contributed by atoms with van der Waals surface area (Å²) in [6.07, 6.45) is 30.6. The maximum absolute atomic E-state index is 12.8. The van der Waals surface area contributed by atoms with Crippen molar-refractivity contribution in [2.24, 2.45) is 0 Å². The van der Waals surface area contributed by atoms with Crippen LogP contribution in [0.2, 0.25) is 0 Å². The quantitative estimate of drug-likeness (QED) is 0.0126. The Morgan fingerprint density at radius 3 is 1.45 bits per heavy atom. The number of carbonyl (C=O) groups excluding carboxylic acids is 2. The van der Waals surface area contributed by atoms with E-state index in [1.54, 1.807) is 6.08 Å². The molecular formula is C51H85O15P. The highest BCUT2D eigenvalue weighted by atomic mass is 31.2. The summed E-state index contributed by atoms with van der Waals surface area (Å²) in [6, 6.07) is 0. The fraction of sp³-hybridized carbons (Fsp3) is 0.686. The molecule has 8 N–H and O–H groups in total. The molecule has 384 valence electrons. The minimum Gasteiger partial charge on any atom is -0.462 e. The van der Waals surface area contributed by atoms with Gasteiger partial charge in [0.15, 0.2) is 6.10 Å². The van der Waals surface area contributed by atoms with Crippen LogP contribution in [0.15, 0.2) is 85.1 Å². The first-order valence-corrected chi connectivity index (χ1v) is 26.1. The maximum atomic E-state index is 12.8. The van der Waals surface area contributed by atoms with Crippen LogP contribution in [0, 0.1) is 0 Å². The SMILES string of the molecule is CCCCC/C=C\C/C=C\C/C=C\C/C=C\CCCCCC(=O)O[C@H](COC(=O)CCCC(O)C(O)C/C=C\C/C=C\C/C=C\CCCCC)COP(=O)(O)OC1[C@H](O)[C@H](O)C(O)[C@H](O)[C@H]1O. The van der Waals surface area contributed by atoms with Crippen molar-refractivity contribution >= 4 is 19.8 Å². The summed E-state index contributed by atoms with van der Waals surface area (Å²) in [6.45, 7) is 2.96. The fourth-order valence-corrected chi connectivity index (χ4v) is 7.76. The third-order valence-electron chi connectivity index (χ3n) is 10.9. The molecule has 0 aromatic rings. The van der Waals surface area contributed by atoms with Gasteiger partial charge in [0.05, 0.1) is 18.8 Å². The van der Waals surface area contributed by atoms with Crippen LogP contribution in [-0.2, 0) is 32.7 Å². The van der Waals surface area contributed by atoms with E-state index in [0.29, 0.717) is 19.3 Å². The number of phosphoric acid groups is 1. The fourth-order valence-electron chi connectivity index (χ4n) is 6.78. The summed E-state index contributed by atoms with van der Waals surface area (Å²) in [5, 5.41) is 71.0. The third-order valence-corrected chi connectivity index (χ3v) is 11.9. The molecule has 10 atom stereocenters. The van der Waals surface area contributed by atoms with Gasteiger partial charge in [0.2, 0.25) is 0 Å². The van der Waals surface area contributed by atoms with Gasteiger partial charge in [-0.15, -0.1) is 0 Å². The van der Waals surface area contributed by atoms with Crippen LogP contribution in [-0.4, -0.2) is 121 Å². The molecule has 15 nitrogen and oxygen atoms in total. The molecule has 1 aliphatic rings. The van der Waals surface area contributed by atoms with E-state index in [1.165, 1.54) is 38.5 Å². The van der Waals surface area contributed by atoms with Crippen LogP contribution in [0.4, 0.5) is 0 Å². The topological polar surface area (TPSA) is 250 Å². The van der Waals surface area contributed by atoms with E-state index in [9.17, 15) is 54.8 Å². The van der Waals surface area contributed by atoms with Crippen molar-refractivity contribution in [2.45, 2.75) is 210 Å². The highest BCUT2D eigenvalue weighted by Crippen LogP contribution is 2.47. The van der Waals surface area contributed by atoms with Gasteiger partial charge in [0.25, 0.3) is 0 Å². The minimum atomic E-state index is -5.21. The van der Waals surface area contributed by atoms with Crippen LogP contribution in [0.25, 0.3) is 0 Å². The minimum absolute atomic E-state index is 0.00608. The molecule has 0 radical (unpaired) electrons. The van der Waals surface area contributed by atoms with Crippen molar-refractivity contribution < 1.29 is 73.3 Å². The lowest BCUT2D eigenvalue weighted by Gasteiger charge is -2.41. The Morgan fingerprint density at radius 2 is 0.955 bits per heavy atom. The predicted molar refractivity (Wildman–Crippen MR) is 260 cm³/mol. The van der Waals surface area contributed by atoms with E-state index in [0.717, 1.165) is 51.4 Å². The van der Waals surface area contributed by atoms with Crippen molar-refractivity contribution in [1.82, 2.24) is 0 Å². The average molecular weight is 969 g/mol. The smallest absolute Gasteiger partial charge is 0.462 e.